The van der Waals surface area contributed by atoms with E-state index in [4.69, 9.17) is 0 Å². The number of benzene rings is 2. The van der Waals surface area contributed by atoms with Gasteiger partial charge < -0.3 is 0 Å². The van der Waals surface area contributed by atoms with E-state index in [1.165, 1.54) is 43.5 Å². The second-order valence-corrected chi connectivity index (χ2v) is 6.62. The molecule has 1 heteroatoms. The molecule has 0 N–H and O–H groups in total. The number of piperidine rings is 1. The molecular weight excluding hydrogens is 266 g/mol. The summed E-state index contributed by atoms with van der Waals surface area (Å²) in [4.78, 5) is 2.71. The van der Waals surface area contributed by atoms with Gasteiger partial charge in [-0.25, -0.2) is 0 Å². The Hall–Kier alpha value is -1.60. The van der Waals surface area contributed by atoms with Crippen LogP contribution in [0.4, 0.5) is 0 Å². The van der Waals surface area contributed by atoms with Gasteiger partial charge in [0.05, 0.1) is 0 Å². The lowest BCUT2D eigenvalue weighted by Crippen LogP contribution is -2.37. The maximum absolute atomic E-state index is 2.71. The number of hydrogen-bond donors (Lipinski definition) is 0. The third-order valence-corrected chi connectivity index (χ3v) is 4.86. The molecule has 0 bridgehead atoms. The minimum atomic E-state index is 0.543. The monoisotopic (exact) mass is 293 g/mol. The van der Waals surface area contributed by atoms with Gasteiger partial charge in [-0.15, -0.1) is 0 Å². The van der Waals surface area contributed by atoms with E-state index in [2.05, 4.69) is 72.5 Å². The zero-order valence-corrected chi connectivity index (χ0v) is 13.6. The van der Waals surface area contributed by atoms with Crippen LogP contribution in [0.3, 0.4) is 0 Å². The summed E-state index contributed by atoms with van der Waals surface area (Å²) in [5.74, 6) is 0.628. The van der Waals surface area contributed by atoms with Gasteiger partial charge in [0.15, 0.2) is 0 Å². The Morgan fingerprint density at radius 2 is 1.41 bits per heavy atom. The summed E-state index contributed by atoms with van der Waals surface area (Å²) in [6, 6.07) is 22.6. The average Bonchev–Trinajstić information content (AvgIpc) is 2.58. The van der Waals surface area contributed by atoms with Gasteiger partial charge in [-0.05, 0) is 49.4 Å². The molecule has 1 saturated heterocycles. The van der Waals surface area contributed by atoms with Crippen LogP contribution < -0.4 is 0 Å². The largest absolute Gasteiger partial charge is 0.296 e. The van der Waals surface area contributed by atoms with Crippen LogP contribution in [0.1, 0.15) is 43.4 Å². The van der Waals surface area contributed by atoms with Crippen LogP contribution in [-0.2, 0) is 6.42 Å². The van der Waals surface area contributed by atoms with Crippen LogP contribution in [0, 0.1) is 5.92 Å². The Balaban J connectivity index is 1.81. The third kappa shape index (κ3) is 3.78. The molecule has 1 aliphatic rings. The minimum absolute atomic E-state index is 0.543. The zero-order valence-electron chi connectivity index (χ0n) is 13.6. The number of hydrogen-bond acceptors (Lipinski definition) is 1. The highest BCUT2D eigenvalue weighted by Gasteiger charge is 2.27. The van der Waals surface area contributed by atoms with Crippen molar-refractivity contribution in [1.82, 2.24) is 4.90 Å². The Morgan fingerprint density at radius 1 is 0.818 bits per heavy atom. The minimum Gasteiger partial charge on any atom is -0.296 e. The van der Waals surface area contributed by atoms with Crippen molar-refractivity contribution in [2.45, 2.75) is 38.6 Å². The first-order chi connectivity index (χ1) is 10.8. The van der Waals surface area contributed by atoms with E-state index in [-0.39, 0.29) is 0 Å². The topological polar surface area (TPSA) is 3.24 Å². The molecule has 2 aromatic carbocycles. The summed E-state index contributed by atoms with van der Waals surface area (Å²) in [5.41, 5.74) is 2.93. The van der Waals surface area contributed by atoms with E-state index >= 15 is 0 Å². The van der Waals surface area contributed by atoms with Gasteiger partial charge in [0.2, 0.25) is 0 Å². The number of likely N-dealkylation sites (tertiary alicyclic amines) is 1. The fourth-order valence-corrected chi connectivity index (χ4v) is 3.84. The van der Waals surface area contributed by atoms with Crippen LogP contribution in [0.25, 0.3) is 0 Å². The third-order valence-electron chi connectivity index (χ3n) is 4.86. The fraction of sp³-hybridized carbons (Fsp3) is 0.429. The van der Waals surface area contributed by atoms with E-state index in [9.17, 15) is 0 Å². The molecule has 1 aliphatic heterocycles. The number of rotatable bonds is 5. The molecule has 1 nitrogen and oxygen atoms in total. The average molecular weight is 293 g/mol. The van der Waals surface area contributed by atoms with Crippen LogP contribution >= 0.6 is 0 Å². The fourth-order valence-electron chi connectivity index (χ4n) is 3.84. The molecule has 3 rings (SSSR count). The van der Waals surface area contributed by atoms with Gasteiger partial charge in [0.25, 0.3) is 0 Å². The van der Waals surface area contributed by atoms with Crippen molar-refractivity contribution in [1.29, 1.82) is 0 Å². The highest BCUT2D eigenvalue weighted by molar-refractivity contribution is 5.22. The Morgan fingerprint density at radius 3 is 2.05 bits per heavy atom. The second kappa shape index (κ2) is 7.60. The van der Waals surface area contributed by atoms with Crippen LogP contribution in [-0.4, -0.2) is 18.0 Å². The van der Waals surface area contributed by atoms with Crippen molar-refractivity contribution in [3.8, 4) is 0 Å². The van der Waals surface area contributed by atoms with E-state index in [1.54, 1.807) is 0 Å². The number of nitrogens with zero attached hydrogens (tertiary/aromatic N) is 1. The molecule has 0 saturated carbocycles. The molecule has 2 aromatic rings. The van der Waals surface area contributed by atoms with Crippen LogP contribution in [0.5, 0.6) is 0 Å². The molecule has 2 atom stereocenters. The smallest absolute Gasteiger partial charge is 0.0376 e. The van der Waals surface area contributed by atoms with Crippen molar-refractivity contribution >= 4 is 0 Å². The lowest BCUT2D eigenvalue weighted by atomic mass is 9.87. The van der Waals surface area contributed by atoms with Gasteiger partial charge in [-0.1, -0.05) is 74.0 Å². The lowest BCUT2D eigenvalue weighted by molar-refractivity contribution is 0.122. The van der Waals surface area contributed by atoms with Crippen molar-refractivity contribution < 1.29 is 0 Å². The summed E-state index contributed by atoms with van der Waals surface area (Å²) >= 11 is 0. The SMILES string of the molecule is CC(Cc1ccccc1)C(c1ccccc1)N1CCCCC1. The maximum atomic E-state index is 2.71. The standard InChI is InChI=1S/C21H27N/c1-18(17-19-11-5-2-6-12-19)21(20-13-7-3-8-14-20)22-15-9-4-10-16-22/h2-3,5-8,11-14,18,21H,4,9-10,15-17H2,1H3. The molecular formula is C21H27N. The van der Waals surface area contributed by atoms with Gasteiger partial charge in [-0.2, -0.15) is 0 Å². The van der Waals surface area contributed by atoms with Crippen molar-refractivity contribution in [3.63, 3.8) is 0 Å². The van der Waals surface area contributed by atoms with Gasteiger partial charge in [0, 0.05) is 6.04 Å². The highest BCUT2D eigenvalue weighted by atomic mass is 15.2. The summed E-state index contributed by atoms with van der Waals surface area (Å²) in [7, 11) is 0. The Bertz CT molecular complexity index is 543. The Labute approximate surface area is 135 Å². The predicted molar refractivity (Wildman–Crippen MR) is 93.9 cm³/mol. The second-order valence-electron chi connectivity index (χ2n) is 6.62. The molecule has 2 unspecified atom stereocenters. The van der Waals surface area contributed by atoms with Gasteiger partial charge >= 0.3 is 0 Å². The molecule has 0 spiro atoms. The lowest BCUT2D eigenvalue weighted by Gasteiger charge is -2.38. The maximum Gasteiger partial charge on any atom is 0.0376 e. The summed E-state index contributed by atoms with van der Waals surface area (Å²) in [6.45, 7) is 4.91. The molecule has 1 fully saturated rings. The predicted octanol–water partition coefficient (Wildman–Crippen LogP) is 5.09. The summed E-state index contributed by atoms with van der Waals surface area (Å²) in [6.07, 6.45) is 5.24. The summed E-state index contributed by atoms with van der Waals surface area (Å²) in [5, 5.41) is 0. The molecule has 116 valence electrons. The Kier molecular flexibility index (Phi) is 5.29. The molecule has 0 radical (unpaired) electrons. The van der Waals surface area contributed by atoms with Crippen LogP contribution in [0.2, 0.25) is 0 Å². The van der Waals surface area contributed by atoms with Crippen molar-refractivity contribution in [3.05, 3.63) is 71.8 Å². The van der Waals surface area contributed by atoms with E-state index in [0.29, 0.717) is 12.0 Å². The highest BCUT2D eigenvalue weighted by Crippen LogP contribution is 2.33. The molecule has 22 heavy (non-hydrogen) atoms. The van der Waals surface area contributed by atoms with Gasteiger partial charge in [-0.3, -0.25) is 4.90 Å². The van der Waals surface area contributed by atoms with E-state index < -0.39 is 0 Å². The first-order valence-electron chi connectivity index (χ1n) is 8.67. The summed E-state index contributed by atoms with van der Waals surface area (Å²) < 4.78 is 0. The van der Waals surface area contributed by atoms with Gasteiger partial charge in [0.1, 0.15) is 0 Å². The molecule has 1 heterocycles. The van der Waals surface area contributed by atoms with Crippen LogP contribution in [0.15, 0.2) is 60.7 Å². The normalized spacial score (nSPS) is 18.8. The molecule has 0 aliphatic carbocycles. The zero-order chi connectivity index (χ0) is 15.2. The first kappa shape index (κ1) is 15.3. The molecule has 0 amide bonds. The first-order valence-corrected chi connectivity index (χ1v) is 8.67. The quantitative estimate of drug-likeness (QED) is 0.742. The van der Waals surface area contributed by atoms with E-state index in [0.717, 1.165) is 6.42 Å². The van der Waals surface area contributed by atoms with Crippen molar-refractivity contribution in [2.75, 3.05) is 13.1 Å². The van der Waals surface area contributed by atoms with E-state index in [1.807, 2.05) is 0 Å². The van der Waals surface area contributed by atoms with Crippen molar-refractivity contribution in [2.24, 2.45) is 5.92 Å². The molecule has 0 aromatic heterocycles.